The Bertz CT molecular complexity index is 589. The summed E-state index contributed by atoms with van der Waals surface area (Å²) < 4.78 is 17.1. The maximum absolute atomic E-state index is 6.05. The van der Waals surface area contributed by atoms with E-state index in [-0.39, 0.29) is 0 Å². The highest BCUT2D eigenvalue weighted by Crippen LogP contribution is 2.17. The minimum atomic E-state index is 0.654. The second-order valence-electron chi connectivity index (χ2n) is 7.56. The van der Waals surface area contributed by atoms with Crippen molar-refractivity contribution in [3.05, 3.63) is 29.8 Å². The van der Waals surface area contributed by atoms with Crippen LogP contribution < -0.4 is 15.4 Å². The molecule has 0 radical (unpaired) electrons. The SMILES string of the molecule is CN=C(NCCOCCC(C)C)NCc1ccccc1OCCN1CCOCC1. The van der Waals surface area contributed by atoms with Crippen LogP contribution in [0.3, 0.4) is 0 Å². The monoisotopic (exact) mass is 406 g/mol. The topological polar surface area (TPSA) is 67.4 Å². The van der Waals surface area contributed by atoms with Crippen molar-refractivity contribution in [1.82, 2.24) is 15.5 Å². The van der Waals surface area contributed by atoms with E-state index in [4.69, 9.17) is 14.2 Å². The molecule has 1 fully saturated rings. The summed E-state index contributed by atoms with van der Waals surface area (Å²) in [6, 6.07) is 8.15. The first-order valence-corrected chi connectivity index (χ1v) is 10.7. The van der Waals surface area contributed by atoms with Gasteiger partial charge < -0.3 is 24.8 Å². The standard InChI is InChI=1S/C22H38N4O3/c1-19(2)8-13-27-14-9-24-22(23-3)25-18-20-6-4-5-7-21(20)29-17-12-26-10-15-28-16-11-26/h4-7,19H,8-18H2,1-3H3,(H2,23,24,25). The highest BCUT2D eigenvalue weighted by atomic mass is 16.5. The van der Waals surface area contributed by atoms with Gasteiger partial charge in [0, 0.05) is 51.9 Å². The molecule has 0 spiro atoms. The van der Waals surface area contributed by atoms with Gasteiger partial charge in [-0.1, -0.05) is 32.0 Å². The molecule has 1 aromatic rings. The van der Waals surface area contributed by atoms with Crippen LogP contribution in [0.2, 0.25) is 0 Å². The first kappa shape index (κ1) is 23.4. The lowest BCUT2D eigenvalue weighted by Gasteiger charge is -2.26. The van der Waals surface area contributed by atoms with E-state index in [1.165, 1.54) is 0 Å². The molecule has 0 unspecified atom stereocenters. The molecule has 7 heteroatoms. The van der Waals surface area contributed by atoms with Gasteiger partial charge in [-0.05, 0) is 18.4 Å². The van der Waals surface area contributed by atoms with Gasteiger partial charge in [0.1, 0.15) is 12.4 Å². The molecule has 0 aromatic heterocycles. The van der Waals surface area contributed by atoms with Crippen molar-refractivity contribution in [2.24, 2.45) is 10.9 Å². The summed E-state index contributed by atoms with van der Waals surface area (Å²) in [6.07, 6.45) is 1.09. The molecule has 0 amide bonds. The van der Waals surface area contributed by atoms with Gasteiger partial charge in [0.05, 0.1) is 19.8 Å². The summed E-state index contributed by atoms with van der Waals surface area (Å²) in [4.78, 5) is 6.66. The van der Waals surface area contributed by atoms with E-state index in [2.05, 4.69) is 40.4 Å². The Morgan fingerprint density at radius 2 is 1.93 bits per heavy atom. The van der Waals surface area contributed by atoms with Crippen LogP contribution in [0.4, 0.5) is 0 Å². The minimum absolute atomic E-state index is 0.654. The van der Waals surface area contributed by atoms with Crippen LogP contribution in [0.15, 0.2) is 29.3 Å². The van der Waals surface area contributed by atoms with E-state index in [0.29, 0.717) is 25.7 Å². The molecule has 0 aliphatic carbocycles. The number of nitrogens with zero attached hydrogens (tertiary/aromatic N) is 2. The summed E-state index contributed by atoms with van der Waals surface area (Å²) in [5.41, 5.74) is 1.12. The van der Waals surface area contributed by atoms with E-state index in [1.807, 2.05) is 18.2 Å². The van der Waals surface area contributed by atoms with Crippen LogP contribution in [0.25, 0.3) is 0 Å². The second-order valence-corrected chi connectivity index (χ2v) is 7.56. The molecule has 1 heterocycles. The number of ether oxygens (including phenoxy) is 3. The fourth-order valence-electron chi connectivity index (χ4n) is 2.96. The van der Waals surface area contributed by atoms with Crippen LogP contribution in [0.1, 0.15) is 25.8 Å². The summed E-state index contributed by atoms with van der Waals surface area (Å²) in [6.45, 7) is 12.5. The molecule has 2 rings (SSSR count). The zero-order valence-corrected chi connectivity index (χ0v) is 18.3. The second kappa shape index (κ2) is 14.2. The molecular formula is C22H38N4O3. The molecule has 1 saturated heterocycles. The highest BCUT2D eigenvalue weighted by molar-refractivity contribution is 5.79. The third-order valence-corrected chi connectivity index (χ3v) is 4.79. The zero-order chi connectivity index (χ0) is 20.7. The number of hydrogen-bond donors (Lipinski definition) is 2. The van der Waals surface area contributed by atoms with E-state index < -0.39 is 0 Å². The molecule has 2 N–H and O–H groups in total. The maximum atomic E-state index is 6.05. The van der Waals surface area contributed by atoms with Crippen molar-refractivity contribution in [3.63, 3.8) is 0 Å². The van der Waals surface area contributed by atoms with Gasteiger partial charge >= 0.3 is 0 Å². The van der Waals surface area contributed by atoms with E-state index in [9.17, 15) is 0 Å². The van der Waals surface area contributed by atoms with Crippen molar-refractivity contribution < 1.29 is 14.2 Å². The largest absolute Gasteiger partial charge is 0.492 e. The van der Waals surface area contributed by atoms with Gasteiger partial charge in [-0.25, -0.2) is 0 Å². The molecule has 0 atom stereocenters. The lowest BCUT2D eigenvalue weighted by molar-refractivity contribution is 0.0322. The Morgan fingerprint density at radius 1 is 1.14 bits per heavy atom. The minimum Gasteiger partial charge on any atom is -0.492 e. The van der Waals surface area contributed by atoms with Crippen LogP contribution >= 0.6 is 0 Å². The van der Waals surface area contributed by atoms with Crippen LogP contribution in [0, 0.1) is 5.92 Å². The number of hydrogen-bond acceptors (Lipinski definition) is 5. The number of para-hydroxylation sites is 1. The van der Waals surface area contributed by atoms with Gasteiger partial charge in [-0.2, -0.15) is 0 Å². The predicted molar refractivity (Wildman–Crippen MR) is 118 cm³/mol. The summed E-state index contributed by atoms with van der Waals surface area (Å²) >= 11 is 0. The normalized spacial score (nSPS) is 15.5. The van der Waals surface area contributed by atoms with Crippen molar-refractivity contribution in [2.75, 3.05) is 66.3 Å². The molecule has 7 nitrogen and oxygen atoms in total. The fourth-order valence-corrected chi connectivity index (χ4v) is 2.96. The summed E-state index contributed by atoms with van der Waals surface area (Å²) in [5, 5.41) is 6.64. The summed E-state index contributed by atoms with van der Waals surface area (Å²) in [7, 11) is 1.78. The number of guanidine groups is 1. The number of benzene rings is 1. The van der Waals surface area contributed by atoms with Crippen LogP contribution in [-0.4, -0.2) is 77.1 Å². The number of nitrogens with one attached hydrogen (secondary N) is 2. The van der Waals surface area contributed by atoms with Crippen molar-refractivity contribution in [1.29, 1.82) is 0 Å². The lowest BCUT2D eigenvalue weighted by atomic mass is 10.1. The lowest BCUT2D eigenvalue weighted by Crippen LogP contribution is -2.39. The molecule has 29 heavy (non-hydrogen) atoms. The van der Waals surface area contributed by atoms with E-state index >= 15 is 0 Å². The third kappa shape index (κ3) is 9.96. The molecule has 164 valence electrons. The Morgan fingerprint density at radius 3 is 2.69 bits per heavy atom. The number of rotatable bonds is 12. The van der Waals surface area contributed by atoms with Gasteiger partial charge in [0.15, 0.2) is 5.96 Å². The number of aliphatic imine (C=N–C) groups is 1. The molecule has 1 aliphatic heterocycles. The molecular weight excluding hydrogens is 368 g/mol. The first-order valence-electron chi connectivity index (χ1n) is 10.7. The van der Waals surface area contributed by atoms with Crippen LogP contribution in [-0.2, 0) is 16.0 Å². The smallest absolute Gasteiger partial charge is 0.191 e. The third-order valence-electron chi connectivity index (χ3n) is 4.79. The Balaban J connectivity index is 1.68. The van der Waals surface area contributed by atoms with Gasteiger partial charge in [0.25, 0.3) is 0 Å². The maximum Gasteiger partial charge on any atom is 0.191 e. The van der Waals surface area contributed by atoms with E-state index in [1.54, 1.807) is 7.05 Å². The quantitative estimate of drug-likeness (QED) is 0.315. The van der Waals surface area contributed by atoms with Crippen molar-refractivity contribution >= 4 is 5.96 Å². The average Bonchev–Trinajstić information content (AvgIpc) is 2.74. The Kier molecular flexibility index (Phi) is 11.5. The highest BCUT2D eigenvalue weighted by Gasteiger charge is 2.10. The molecule has 1 aromatic carbocycles. The van der Waals surface area contributed by atoms with Crippen LogP contribution in [0.5, 0.6) is 5.75 Å². The number of morpholine rings is 1. The zero-order valence-electron chi connectivity index (χ0n) is 18.3. The Hall–Kier alpha value is -1.83. The van der Waals surface area contributed by atoms with Crippen molar-refractivity contribution in [3.8, 4) is 5.75 Å². The predicted octanol–water partition coefficient (Wildman–Crippen LogP) is 2.13. The van der Waals surface area contributed by atoms with E-state index in [0.717, 1.165) is 69.7 Å². The summed E-state index contributed by atoms with van der Waals surface area (Å²) in [5.74, 6) is 2.36. The molecule has 0 saturated carbocycles. The van der Waals surface area contributed by atoms with Gasteiger partial charge in [0.2, 0.25) is 0 Å². The van der Waals surface area contributed by atoms with Gasteiger partial charge in [-0.3, -0.25) is 9.89 Å². The van der Waals surface area contributed by atoms with Gasteiger partial charge in [-0.15, -0.1) is 0 Å². The molecule has 1 aliphatic rings. The van der Waals surface area contributed by atoms with Crippen molar-refractivity contribution in [2.45, 2.75) is 26.8 Å². The fraction of sp³-hybridized carbons (Fsp3) is 0.682. The average molecular weight is 407 g/mol. The Labute approximate surface area is 175 Å². The first-order chi connectivity index (χ1) is 14.2. The molecule has 0 bridgehead atoms.